The Labute approximate surface area is 146 Å². The molecule has 1 nitrogen and oxygen atoms in total. The van der Waals surface area contributed by atoms with Gasteiger partial charge in [-0.15, -0.1) is 0 Å². The number of rotatable bonds is 4. The van der Waals surface area contributed by atoms with E-state index >= 15 is 0 Å². The van der Waals surface area contributed by atoms with E-state index in [2.05, 4.69) is 49.4 Å². The van der Waals surface area contributed by atoms with Crippen LogP contribution in [0.5, 0.6) is 5.75 Å². The second kappa shape index (κ2) is 7.01. The summed E-state index contributed by atoms with van der Waals surface area (Å²) >= 11 is 0. The Morgan fingerprint density at radius 2 is 1.54 bits per heavy atom. The summed E-state index contributed by atoms with van der Waals surface area (Å²) in [7, 11) is 0. The van der Waals surface area contributed by atoms with E-state index < -0.39 is 0 Å². The van der Waals surface area contributed by atoms with E-state index in [0.29, 0.717) is 6.61 Å². The number of fused-ring (bicyclic) bond motifs is 1. The first kappa shape index (κ1) is 15.7. The van der Waals surface area contributed by atoms with Crippen LogP contribution in [0.4, 0.5) is 0 Å². The Bertz CT molecular complexity index is 685. The molecule has 4 rings (SSSR count). The Morgan fingerprint density at radius 3 is 2.21 bits per heavy atom. The van der Waals surface area contributed by atoms with Crippen LogP contribution in [0.25, 0.3) is 0 Å². The Balaban J connectivity index is 1.47. The molecule has 0 spiro atoms. The summed E-state index contributed by atoms with van der Waals surface area (Å²) < 4.78 is 6.14. The Hall–Kier alpha value is -1.76. The maximum Gasteiger partial charge on any atom is 0.123 e. The molecule has 1 atom stereocenters. The molecule has 0 amide bonds. The van der Waals surface area contributed by atoms with Gasteiger partial charge in [-0.25, -0.2) is 0 Å². The van der Waals surface area contributed by atoms with Crippen molar-refractivity contribution in [2.45, 2.75) is 58.5 Å². The van der Waals surface area contributed by atoms with Crippen molar-refractivity contribution in [2.75, 3.05) is 0 Å². The summed E-state index contributed by atoms with van der Waals surface area (Å²) in [4.78, 5) is 0. The second-order valence-electron chi connectivity index (χ2n) is 7.69. The molecule has 24 heavy (non-hydrogen) atoms. The summed E-state index contributed by atoms with van der Waals surface area (Å²) in [5.74, 6) is 3.05. The van der Waals surface area contributed by atoms with Crippen LogP contribution in [-0.4, -0.2) is 0 Å². The molecule has 0 radical (unpaired) electrons. The van der Waals surface area contributed by atoms with Crippen LogP contribution in [0.2, 0.25) is 0 Å². The zero-order chi connectivity index (χ0) is 16.4. The van der Waals surface area contributed by atoms with Gasteiger partial charge in [0.25, 0.3) is 0 Å². The van der Waals surface area contributed by atoms with E-state index in [9.17, 15) is 0 Å². The standard InChI is InChI=1S/C23H28O/c1-17-14-21-12-10-20(19-8-5-9-19)11-13-22(21)15-23(17)24-16-18-6-3-2-4-7-18/h2-4,6-7,14-15,19-20H,5,8-13,16H2,1H3. The molecule has 0 aromatic heterocycles. The molecule has 1 heteroatoms. The van der Waals surface area contributed by atoms with Crippen LogP contribution < -0.4 is 4.74 Å². The van der Waals surface area contributed by atoms with E-state index in [1.54, 1.807) is 5.56 Å². The predicted octanol–water partition coefficient (Wildman–Crippen LogP) is 5.87. The monoisotopic (exact) mass is 320 g/mol. The molecule has 2 aromatic carbocycles. The summed E-state index contributed by atoms with van der Waals surface area (Å²) in [5, 5.41) is 0. The zero-order valence-corrected chi connectivity index (χ0v) is 14.8. The highest BCUT2D eigenvalue weighted by Gasteiger charge is 2.28. The van der Waals surface area contributed by atoms with Crippen molar-refractivity contribution < 1.29 is 4.74 Å². The van der Waals surface area contributed by atoms with E-state index in [0.717, 1.165) is 17.6 Å². The molecule has 2 aromatic rings. The summed E-state index contributed by atoms with van der Waals surface area (Å²) in [5.41, 5.74) is 5.62. The highest BCUT2D eigenvalue weighted by molar-refractivity contribution is 5.43. The van der Waals surface area contributed by atoms with Gasteiger partial charge in [-0.1, -0.05) is 55.7 Å². The van der Waals surface area contributed by atoms with Gasteiger partial charge in [-0.3, -0.25) is 0 Å². The molecular formula is C23H28O. The third-order valence-electron chi connectivity index (χ3n) is 6.12. The van der Waals surface area contributed by atoms with Crippen LogP contribution in [0.1, 0.15) is 54.4 Å². The molecule has 126 valence electrons. The fourth-order valence-corrected chi connectivity index (χ4v) is 4.35. The number of aryl methyl sites for hydroxylation is 3. The third-order valence-corrected chi connectivity index (χ3v) is 6.12. The van der Waals surface area contributed by atoms with Crippen LogP contribution in [0.3, 0.4) is 0 Å². The maximum atomic E-state index is 6.14. The van der Waals surface area contributed by atoms with Crippen molar-refractivity contribution in [1.29, 1.82) is 0 Å². The molecule has 1 saturated carbocycles. The molecule has 0 heterocycles. The minimum Gasteiger partial charge on any atom is -0.489 e. The molecular weight excluding hydrogens is 292 g/mol. The van der Waals surface area contributed by atoms with Gasteiger partial charge >= 0.3 is 0 Å². The highest BCUT2D eigenvalue weighted by atomic mass is 16.5. The van der Waals surface area contributed by atoms with Gasteiger partial charge in [0.1, 0.15) is 12.4 Å². The van der Waals surface area contributed by atoms with Gasteiger partial charge in [0.2, 0.25) is 0 Å². The predicted molar refractivity (Wildman–Crippen MR) is 99.4 cm³/mol. The third kappa shape index (κ3) is 3.36. The summed E-state index contributed by atoms with van der Waals surface area (Å²) in [6.45, 7) is 2.85. The number of hydrogen-bond donors (Lipinski definition) is 0. The lowest BCUT2D eigenvalue weighted by Gasteiger charge is -2.33. The molecule has 0 N–H and O–H groups in total. The van der Waals surface area contributed by atoms with Gasteiger partial charge in [-0.05, 0) is 72.8 Å². The molecule has 0 saturated heterocycles. The average Bonchev–Trinajstić information content (AvgIpc) is 2.75. The fourth-order valence-electron chi connectivity index (χ4n) is 4.35. The average molecular weight is 320 g/mol. The minimum atomic E-state index is 0.658. The summed E-state index contributed by atoms with van der Waals surface area (Å²) in [6, 6.07) is 15.2. The number of benzene rings is 2. The van der Waals surface area contributed by atoms with Gasteiger partial charge in [-0.2, -0.15) is 0 Å². The minimum absolute atomic E-state index is 0.658. The van der Waals surface area contributed by atoms with Crippen molar-refractivity contribution in [3.8, 4) is 5.75 Å². The van der Waals surface area contributed by atoms with Crippen molar-refractivity contribution in [3.63, 3.8) is 0 Å². The van der Waals surface area contributed by atoms with Crippen LogP contribution in [0, 0.1) is 18.8 Å². The van der Waals surface area contributed by atoms with E-state index in [1.807, 2.05) is 0 Å². The van der Waals surface area contributed by atoms with Crippen LogP contribution in [-0.2, 0) is 19.4 Å². The lowest BCUT2D eigenvalue weighted by molar-refractivity contribution is 0.188. The van der Waals surface area contributed by atoms with E-state index in [4.69, 9.17) is 4.74 Å². The van der Waals surface area contributed by atoms with Crippen LogP contribution in [0.15, 0.2) is 42.5 Å². The van der Waals surface area contributed by atoms with Crippen molar-refractivity contribution >= 4 is 0 Å². The van der Waals surface area contributed by atoms with Crippen molar-refractivity contribution in [2.24, 2.45) is 11.8 Å². The quantitative estimate of drug-likeness (QED) is 0.640. The largest absolute Gasteiger partial charge is 0.489 e. The summed E-state index contributed by atoms with van der Waals surface area (Å²) in [6.07, 6.45) is 9.68. The van der Waals surface area contributed by atoms with E-state index in [1.165, 1.54) is 61.6 Å². The first-order valence-electron chi connectivity index (χ1n) is 9.59. The number of hydrogen-bond acceptors (Lipinski definition) is 1. The SMILES string of the molecule is Cc1cc2c(cc1OCc1ccccc1)CCC(C1CCC1)CC2. The molecule has 1 unspecified atom stereocenters. The first-order chi connectivity index (χ1) is 11.8. The maximum absolute atomic E-state index is 6.14. The molecule has 1 fully saturated rings. The number of ether oxygens (including phenoxy) is 1. The lowest BCUT2D eigenvalue weighted by atomic mass is 9.73. The molecule has 2 aliphatic carbocycles. The van der Waals surface area contributed by atoms with Gasteiger partial charge in [0.05, 0.1) is 0 Å². The van der Waals surface area contributed by atoms with Gasteiger partial charge in [0.15, 0.2) is 0 Å². The Kier molecular flexibility index (Phi) is 4.60. The Morgan fingerprint density at radius 1 is 0.875 bits per heavy atom. The highest BCUT2D eigenvalue weighted by Crippen LogP contribution is 2.40. The van der Waals surface area contributed by atoms with Crippen molar-refractivity contribution in [1.82, 2.24) is 0 Å². The first-order valence-corrected chi connectivity index (χ1v) is 9.59. The van der Waals surface area contributed by atoms with E-state index in [-0.39, 0.29) is 0 Å². The van der Waals surface area contributed by atoms with Gasteiger partial charge < -0.3 is 4.74 Å². The topological polar surface area (TPSA) is 9.23 Å². The van der Waals surface area contributed by atoms with Crippen LogP contribution >= 0.6 is 0 Å². The molecule has 0 aliphatic heterocycles. The smallest absolute Gasteiger partial charge is 0.123 e. The molecule has 0 bridgehead atoms. The zero-order valence-electron chi connectivity index (χ0n) is 14.8. The lowest BCUT2D eigenvalue weighted by Crippen LogP contribution is -2.22. The normalized spacial score (nSPS) is 20.8. The van der Waals surface area contributed by atoms with Crippen molar-refractivity contribution in [3.05, 3.63) is 64.7 Å². The molecule has 2 aliphatic rings. The van der Waals surface area contributed by atoms with Gasteiger partial charge in [0, 0.05) is 0 Å². The second-order valence-corrected chi connectivity index (χ2v) is 7.69. The fraction of sp³-hybridized carbons (Fsp3) is 0.478.